The molecular weight excluding hydrogens is 118 g/mol. The van der Waals surface area contributed by atoms with Crippen LogP contribution in [0.5, 0.6) is 0 Å². The average Bonchev–Trinajstić information content (AvgIpc) is 2.35. The first kappa shape index (κ1) is 4.81. The standard InChI is InChI=1S/C5H7N3O/c9-8-3-7-4-1-6-2-5(4)8/h2,7,9H,1,3H2. The van der Waals surface area contributed by atoms with E-state index in [2.05, 4.69) is 10.3 Å². The van der Waals surface area contributed by atoms with Crippen LogP contribution in [0.1, 0.15) is 0 Å². The first-order valence-corrected chi connectivity index (χ1v) is 2.81. The first-order valence-electron chi connectivity index (χ1n) is 2.81. The van der Waals surface area contributed by atoms with E-state index in [1.165, 1.54) is 0 Å². The zero-order valence-corrected chi connectivity index (χ0v) is 4.83. The second-order valence-corrected chi connectivity index (χ2v) is 2.07. The second-order valence-electron chi connectivity index (χ2n) is 2.07. The van der Waals surface area contributed by atoms with Crippen molar-refractivity contribution in [3.05, 3.63) is 11.4 Å². The molecule has 0 saturated carbocycles. The zero-order chi connectivity index (χ0) is 6.27. The van der Waals surface area contributed by atoms with E-state index in [1.54, 1.807) is 6.21 Å². The first-order chi connectivity index (χ1) is 4.38. The molecule has 0 amide bonds. The van der Waals surface area contributed by atoms with Gasteiger partial charge in [-0.25, -0.2) is 5.06 Å². The summed E-state index contributed by atoms with van der Waals surface area (Å²) >= 11 is 0. The molecule has 2 N–H and O–H groups in total. The van der Waals surface area contributed by atoms with Crippen LogP contribution < -0.4 is 5.32 Å². The summed E-state index contributed by atoms with van der Waals surface area (Å²) < 4.78 is 0. The Morgan fingerprint density at radius 1 is 1.78 bits per heavy atom. The fraction of sp³-hybridized carbons (Fsp3) is 0.400. The van der Waals surface area contributed by atoms with E-state index in [0.29, 0.717) is 13.2 Å². The van der Waals surface area contributed by atoms with Gasteiger partial charge in [-0.15, -0.1) is 0 Å². The van der Waals surface area contributed by atoms with Gasteiger partial charge in [-0.3, -0.25) is 10.2 Å². The number of aliphatic imine (C=N–C) groups is 1. The molecule has 0 bridgehead atoms. The van der Waals surface area contributed by atoms with Crippen LogP contribution in [0.15, 0.2) is 16.4 Å². The molecule has 2 aliphatic heterocycles. The van der Waals surface area contributed by atoms with Crippen molar-refractivity contribution in [1.29, 1.82) is 0 Å². The molecule has 2 heterocycles. The zero-order valence-electron chi connectivity index (χ0n) is 4.83. The third-order valence-corrected chi connectivity index (χ3v) is 1.49. The molecular formula is C5H7N3O. The highest BCUT2D eigenvalue weighted by molar-refractivity contribution is 5.81. The van der Waals surface area contributed by atoms with Gasteiger partial charge in [-0.1, -0.05) is 0 Å². The van der Waals surface area contributed by atoms with Crippen molar-refractivity contribution in [2.75, 3.05) is 13.2 Å². The summed E-state index contributed by atoms with van der Waals surface area (Å²) in [6.07, 6.45) is 1.68. The minimum atomic E-state index is 0.497. The minimum Gasteiger partial charge on any atom is -0.366 e. The Morgan fingerprint density at radius 3 is 3.44 bits per heavy atom. The number of hydroxylamine groups is 2. The monoisotopic (exact) mass is 125 g/mol. The molecule has 0 radical (unpaired) electrons. The lowest BCUT2D eigenvalue weighted by molar-refractivity contribution is -0.0412. The lowest BCUT2D eigenvalue weighted by atomic mass is 10.4. The maximum Gasteiger partial charge on any atom is 0.114 e. The fourth-order valence-corrected chi connectivity index (χ4v) is 1.01. The van der Waals surface area contributed by atoms with Gasteiger partial charge in [0.15, 0.2) is 0 Å². The van der Waals surface area contributed by atoms with E-state index < -0.39 is 0 Å². The highest BCUT2D eigenvalue weighted by Crippen LogP contribution is 2.14. The lowest BCUT2D eigenvalue weighted by Crippen LogP contribution is -2.21. The molecule has 0 saturated heterocycles. The molecule has 0 aliphatic carbocycles. The molecule has 0 atom stereocenters. The summed E-state index contributed by atoms with van der Waals surface area (Å²) in [6.45, 7) is 1.18. The van der Waals surface area contributed by atoms with Crippen LogP contribution in [-0.4, -0.2) is 29.7 Å². The third-order valence-electron chi connectivity index (χ3n) is 1.49. The van der Waals surface area contributed by atoms with Crippen LogP contribution in [-0.2, 0) is 0 Å². The van der Waals surface area contributed by atoms with Crippen molar-refractivity contribution in [2.45, 2.75) is 0 Å². The summed E-state index contributed by atoms with van der Waals surface area (Å²) in [5.74, 6) is 0. The number of nitrogens with zero attached hydrogens (tertiary/aromatic N) is 2. The van der Waals surface area contributed by atoms with Gasteiger partial charge in [0.2, 0.25) is 0 Å². The number of allylic oxidation sites excluding steroid dienone is 1. The largest absolute Gasteiger partial charge is 0.366 e. The highest BCUT2D eigenvalue weighted by Gasteiger charge is 2.21. The van der Waals surface area contributed by atoms with Crippen molar-refractivity contribution in [3.8, 4) is 0 Å². The average molecular weight is 125 g/mol. The maximum absolute atomic E-state index is 9.02. The van der Waals surface area contributed by atoms with Crippen LogP contribution in [0.4, 0.5) is 0 Å². The van der Waals surface area contributed by atoms with E-state index in [0.717, 1.165) is 16.5 Å². The van der Waals surface area contributed by atoms with E-state index >= 15 is 0 Å². The number of hydrogen-bond donors (Lipinski definition) is 2. The Kier molecular flexibility index (Phi) is 0.790. The van der Waals surface area contributed by atoms with Crippen molar-refractivity contribution >= 4 is 6.21 Å². The SMILES string of the molecule is ON1CNC2=C1C=NC2. The van der Waals surface area contributed by atoms with Crippen LogP contribution in [0.3, 0.4) is 0 Å². The molecule has 0 aromatic rings. The molecule has 48 valence electrons. The Labute approximate surface area is 52.5 Å². The number of nitrogens with one attached hydrogen (secondary N) is 1. The summed E-state index contributed by atoms with van der Waals surface area (Å²) in [5, 5.41) is 13.2. The van der Waals surface area contributed by atoms with E-state index in [9.17, 15) is 0 Å². The van der Waals surface area contributed by atoms with Crippen LogP contribution in [0, 0.1) is 0 Å². The van der Waals surface area contributed by atoms with Crippen molar-refractivity contribution in [3.63, 3.8) is 0 Å². The second kappa shape index (κ2) is 1.48. The molecule has 2 rings (SSSR count). The van der Waals surface area contributed by atoms with E-state index in [1.807, 2.05) is 0 Å². The molecule has 0 fully saturated rings. The Hall–Kier alpha value is -1.03. The van der Waals surface area contributed by atoms with Gasteiger partial charge >= 0.3 is 0 Å². The topological polar surface area (TPSA) is 47.9 Å². The molecule has 0 aromatic heterocycles. The predicted octanol–water partition coefficient (Wildman–Crippen LogP) is -0.466. The summed E-state index contributed by atoms with van der Waals surface area (Å²) in [4.78, 5) is 3.96. The van der Waals surface area contributed by atoms with Crippen LogP contribution in [0.25, 0.3) is 0 Å². The highest BCUT2D eigenvalue weighted by atomic mass is 16.5. The van der Waals surface area contributed by atoms with Gasteiger partial charge in [0, 0.05) is 6.21 Å². The molecule has 0 unspecified atom stereocenters. The quantitative estimate of drug-likeness (QED) is 0.460. The predicted molar refractivity (Wildman–Crippen MR) is 32.0 cm³/mol. The third kappa shape index (κ3) is 0.533. The molecule has 4 heteroatoms. The van der Waals surface area contributed by atoms with E-state index in [4.69, 9.17) is 5.21 Å². The van der Waals surface area contributed by atoms with E-state index in [-0.39, 0.29) is 0 Å². The molecule has 4 nitrogen and oxygen atoms in total. The lowest BCUT2D eigenvalue weighted by Gasteiger charge is -2.06. The van der Waals surface area contributed by atoms with Gasteiger partial charge in [-0.05, 0) is 0 Å². The van der Waals surface area contributed by atoms with Crippen LogP contribution >= 0.6 is 0 Å². The Balaban J connectivity index is 2.33. The molecule has 9 heavy (non-hydrogen) atoms. The number of hydrogen-bond acceptors (Lipinski definition) is 4. The number of rotatable bonds is 0. The Bertz CT molecular complexity index is 196. The van der Waals surface area contributed by atoms with Gasteiger partial charge in [0.25, 0.3) is 0 Å². The minimum absolute atomic E-state index is 0.497. The smallest absolute Gasteiger partial charge is 0.114 e. The summed E-state index contributed by atoms with van der Waals surface area (Å²) in [6, 6.07) is 0. The van der Waals surface area contributed by atoms with Crippen molar-refractivity contribution < 1.29 is 5.21 Å². The van der Waals surface area contributed by atoms with Crippen molar-refractivity contribution in [1.82, 2.24) is 10.4 Å². The van der Waals surface area contributed by atoms with Gasteiger partial charge in [0.05, 0.1) is 12.2 Å². The molecule has 2 aliphatic rings. The van der Waals surface area contributed by atoms with Crippen molar-refractivity contribution in [2.24, 2.45) is 4.99 Å². The van der Waals surface area contributed by atoms with Gasteiger partial charge < -0.3 is 5.32 Å². The Morgan fingerprint density at radius 2 is 2.67 bits per heavy atom. The molecule has 0 aromatic carbocycles. The maximum atomic E-state index is 9.02. The van der Waals surface area contributed by atoms with Gasteiger partial charge in [-0.2, -0.15) is 0 Å². The van der Waals surface area contributed by atoms with Crippen LogP contribution in [0.2, 0.25) is 0 Å². The molecule has 0 spiro atoms. The van der Waals surface area contributed by atoms with Gasteiger partial charge in [0.1, 0.15) is 12.4 Å². The summed E-state index contributed by atoms with van der Waals surface area (Å²) in [7, 11) is 0. The summed E-state index contributed by atoms with van der Waals surface area (Å²) in [5.41, 5.74) is 1.84. The fourth-order valence-electron chi connectivity index (χ4n) is 1.01. The normalized spacial score (nSPS) is 23.0.